The lowest BCUT2D eigenvalue weighted by Crippen LogP contribution is -2.11. The van der Waals surface area contributed by atoms with Gasteiger partial charge in [0, 0.05) is 21.9 Å². The average Bonchev–Trinajstić information content (AvgIpc) is 2.35. The van der Waals surface area contributed by atoms with Crippen LogP contribution in [0.1, 0.15) is 11.1 Å². The van der Waals surface area contributed by atoms with Crippen LogP contribution in [0.15, 0.2) is 28.9 Å². The first-order valence-corrected chi connectivity index (χ1v) is 6.23. The van der Waals surface area contributed by atoms with Crippen LogP contribution in [0.4, 0.5) is 17.5 Å². The number of rotatable bonds is 3. The minimum atomic E-state index is 0.387. The molecular formula is C12H14BrN5. The molecule has 4 N–H and O–H groups in total. The summed E-state index contributed by atoms with van der Waals surface area (Å²) >= 11 is 3.44. The Hall–Kier alpha value is -1.66. The van der Waals surface area contributed by atoms with E-state index >= 15 is 0 Å². The Balaban J connectivity index is 2.33. The zero-order chi connectivity index (χ0) is 13.1. The predicted octanol–water partition coefficient (Wildman–Crippen LogP) is 2.89. The van der Waals surface area contributed by atoms with E-state index in [-0.39, 0.29) is 0 Å². The van der Waals surface area contributed by atoms with E-state index in [4.69, 9.17) is 5.84 Å². The van der Waals surface area contributed by atoms with Crippen molar-refractivity contribution in [2.45, 2.75) is 13.8 Å². The maximum absolute atomic E-state index is 5.30. The summed E-state index contributed by atoms with van der Waals surface area (Å²) in [4.78, 5) is 8.32. The Kier molecular flexibility index (Phi) is 3.78. The van der Waals surface area contributed by atoms with Gasteiger partial charge in [-0.05, 0) is 37.6 Å². The van der Waals surface area contributed by atoms with Crippen LogP contribution in [0.3, 0.4) is 0 Å². The lowest BCUT2D eigenvalue weighted by atomic mass is 10.2. The van der Waals surface area contributed by atoms with Crippen molar-refractivity contribution in [3.8, 4) is 0 Å². The van der Waals surface area contributed by atoms with Crippen LogP contribution in [-0.2, 0) is 0 Å². The molecule has 0 aliphatic heterocycles. The van der Waals surface area contributed by atoms with Crippen molar-refractivity contribution >= 4 is 33.4 Å². The number of halogens is 1. The number of nitrogens with two attached hydrogens (primary N) is 1. The lowest BCUT2D eigenvalue weighted by molar-refractivity contribution is 1.09. The Morgan fingerprint density at radius 2 is 2.00 bits per heavy atom. The molecule has 0 fully saturated rings. The second-order valence-electron chi connectivity index (χ2n) is 3.95. The first kappa shape index (κ1) is 12.8. The summed E-state index contributed by atoms with van der Waals surface area (Å²) in [5.74, 6) is 6.43. The predicted molar refractivity (Wildman–Crippen MR) is 76.7 cm³/mol. The number of hydrogen-bond donors (Lipinski definition) is 3. The van der Waals surface area contributed by atoms with Crippen molar-refractivity contribution in [3.05, 3.63) is 40.0 Å². The lowest BCUT2D eigenvalue weighted by Gasteiger charge is -2.12. The van der Waals surface area contributed by atoms with E-state index in [1.807, 2.05) is 32.0 Å². The zero-order valence-corrected chi connectivity index (χ0v) is 11.7. The second-order valence-corrected chi connectivity index (χ2v) is 4.87. The van der Waals surface area contributed by atoms with Gasteiger partial charge in [-0.1, -0.05) is 15.9 Å². The molecule has 1 aromatic carbocycles. The monoisotopic (exact) mass is 307 g/mol. The molecule has 0 saturated heterocycles. The third kappa shape index (κ3) is 2.77. The molecule has 5 nitrogen and oxygen atoms in total. The molecule has 0 aliphatic carbocycles. The van der Waals surface area contributed by atoms with Crippen molar-refractivity contribution in [2.24, 2.45) is 5.84 Å². The number of nitrogens with zero attached hydrogens (tertiary/aromatic N) is 2. The van der Waals surface area contributed by atoms with Gasteiger partial charge in [0.1, 0.15) is 5.82 Å². The van der Waals surface area contributed by atoms with Crippen molar-refractivity contribution in [3.63, 3.8) is 0 Å². The molecule has 0 saturated carbocycles. The summed E-state index contributed by atoms with van der Waals surface area (Å²) in [6.07, 6.45) is 1.72. The standard InChI is InChI=1S/C12H14BrN5/c1-7-5-9(13)3-4-10(7)16-11-8(2)6-15-12(17-11)18-14/h3-6H,14H2,1-2H3,(H2,15,16,17,18). The van der Waals surface area contributed by atoms with Gasteiger partial charge in [0.25, 0.3) is 0 Å². The van der Waals surface area contributed by atoms with Gasteiger partial charge in [-0.25, -0.2) is 10.8 Å². The Morgan fingerprint density at radius 3 is 2.67 bits per heavy atom. The van der Waals surface area contributed by atoms with Gasteiger partial charge in [0.05, 0.1) is 0 Å². The number of aromatic nitrogens is 2. The molecule has 0 atom stereocenters. The van der Waals surface area contributed by atoms with Crippen molar-refractivity contribution in [2.75, 3.05) is 10.7 Å². The van der Waals surface area contributed by atoms with Gasteiger partial charge in [-0.3, -0.25) is 5.43 Å². The normalized spacial score (nSPS) is 10.2. The van der Waals surface area contributed by atoms with Crippen molar-refractivity contribution in [1.82, 2.24) is 9.97 Å². The molecule has 0 aliphatic rings. The number of nitrogens with one attached hydrogen (secondary N) is 2. The highest BCUT2D eigenvalue weighted by molar-refractivity contribution is 9.10. The molecule has 18 heavy (non-hydrogen) atoms. The summed E-state index contributed by atoms with van der Waals surface area (Å²) in [5, 5.41) is 3.27. The summed E-state index contributed by atoms with van der Waals surface area (Å²) in [7, 11) is 0. The van der Waals surface area contributed by atoms with Crippen LogP contribution in [0, 0.1) is 13.8 Å². The molecule has 94 valence electrons. The number of anilines is 3. The minimum absolute atomic E-state index is 0.387. The molecule has 1 aromatic heterocycles. The summed E-state index contributed by atoms with van der Waals surface area (Å²) in [6, 6.07) is 6.02. The number of hydrazine groups is 1. The smallest absolute Gasteiger partial charge is 0.239 e. The molecule has 1 heterocycles. The molecule has 0 amide bonds. The second kappa shape index (κ2) is 5.32. The maximum Gasteiger partial charge on any atom is 0.239 e. The van der Waals surface area contributed by atoms with E-state index < -0.39 is 0 Å². The van der Waals surface area contributed by atoms with Crippen LogP contribution in [0.2, 0.25) is 0 Å². The Labute approximate surface area is 114 Å². The Bertz CT molecular complexity index is 570. The molecule has 0 spiro atoms. The van der Waals surface area contributed by atoms with E-state index in [0.717, 1.165) is 27.1 Å². The highest BCUT2D eigenvalue weighted by Crippen LogP contribution is 2.24. The summed E-state index contributed by atoms with van der Waals surface area (Å²) < 4.78 is 1.05. The van der Waals surface area contributed by atoms with Crippen LogP contribution in [-0.4, -0.2) is 9.97 Å². The number of benzene rings is 1. The first-order chi connectivity index (χ1) is 8.60. The van der Waals surface area contributed by atoms with Crippen molar-refractivity contribution in [1.29, 1.82) is 0 Å². The van der Waals surface area contributed by atoms with Gasteiger partial charge in [0.2, 0.25) is 5.95 Å². The van der Waals surface area contributed by atoms with E-state index in [2.05, 4.69) is 36.6 Å². The third-order valence-corrected chi connectivity index (χ3v) is 3.04. The van der Waals surface area contributed by atoms with Crippen molar-refractivity contribution < 1.29 is 0 Å². The number of hydrogen-bond acceptors (Lipinski definition) is 5. The Morgan fingerprint density at radius 1 is 1.22 bits per heavy atom. The van der Waals surface area contributed by atoms with Crippen LogP contribution in [0.25, 0.3) is 0 Å². The zero-order valence-electron chi connectivity index (χ0n) is 10.2. The van der Waals surface area contributed by atoms with Gasteiger partial charge in [-0.15, -0.1) is 0 Å². The van der Waals surface area contributed by atoms with Gasteiger partial charge in [-0.2, -0.15) is 4.98 Å². The largest absolute Gasteiger partial charge is 0.340 e. The fourth-order valence-electron chi connectivity index (χ4n) is 1.53. The first-order valence-electron chi connectivity index (χ1n) is 5.43. The van der Waals surface area contributed by atoms with Crippen LogP contribution in [0.5, 0.6) is 0 Å². The molecule has 0 radical (unpaired) electrons. The maximum atomic E-state index is 5.30. The van der Waals surface area contributed by atoms with E-state index in [1.165, 1.54) is 0 Å². The van der Waals surface area contributed by atoms with Gasteiger partial charge < -0.3 is 5.32 Å². The molecule has 6 heteroatoms. The molecule has 2 aromatic rings. The minimum Gasteiger partial charge on any atom is -0.340 e. The molecule has 2 rings (SSSR count). The molecule has 0 bridgehead atoms. The number of aryl methyl sites for hydroxylation is 2. The highest BCUT2D eigenvalue weighted by Gasteiger charge is 2.05. The average molecular weight is 308 g/mol. The summed E-state index contributed by atoms with van der Waals surface area (Å²) in [5.41, 5.74) is 5.52. The van der Waals surface area contributed by atoms with E-state index in [9.17, 15) is 0 Å². The molecular weight excluding hydrogens is 294 g/mol. The van der Waals surface area contributed by atoms with Gasteiger partial charge in [0.15, 0.2) is 0 Å². The van der Waals surface area contributed by atoms with Crippen LogP contribution >= 0.6 is 15.9 Å². The van der Waals surface area contributed by atoms with Gasteiger partial charge >= 0.3 is 0 Å². The topological polar surface area (TPSA) is 75.9 Å². The molecule has 0 unspecified atom stereocenters. The third-order valence-electron chi connectivity index (χ3n) is 2.54. The fourth-order valence-corrected chi connectivity index (χ4v) is 2.01. The quantitative estimate of drug-likeness (QED) is 0.600. The SMILES string of the molecule is Cc1cc(Br)ccc1Nc1nc(NN)ncc1C. The van der Waals surface area contributed by atoms with Crippen LogP contribution < -0.4 is 16.6 Å². The van der Waals surface area contributed by atoms with E-state index in [1.54, 1.807) is 6.20 Å². The number of nitrogen functional groups attached to an aromatic ring is 1. The summed E-state index contributed by atoms with van der Waals surface area (Å²) in [6.45, 7) is 3.97. The highest BCUT2D eigenvalue weighted by atomic mass is 79.9. The fraction of sp³-hybridized carbons (Fsp3) is 0.167. The van der Waals surface area contributed by atoms with E-state index in [0.29, 0.717) is 5.95 Å².